The number of phenolic OH excluding ortho intramolecular Hbond substituents is 2. The Balaban J connectivity index is 0.000000200. The van der Waals surface area contributed by atoms with E-state index in [1.807, 2.05) is 60.7 Å². The Morgan fingerprint density at radius 3 is 1.20 bits per heavy atom. The van der Waals surface area contributed by atoms with Gasteiger partial charge in [-0.1, -0.05) is 60.7 Å². The first-order valence-electron chi connectivity index (χ1n) is 13.7. The van der Waals surface area contributed by atoms with Crippen LogP contribution in [0.25, 0.3) is 11.4 Å². The van der Waals surface area contributed by atoms with Crippen molar-refractivity contribution in [2.45, 2.75) is 13.8 Å². The maximum atomic E-state index is 10.4. The van der Waals surface area contributed by atoms with Gasteiger partial charge in [-0.25, -0.2) is 9.36 Å². The van der Waals surface area contributed by atoms with Gasteiger partial charge in [0.15, 0.2) is 0 Å². The molecule has 4 N–H and O–H groups in total. The molecule has 1 radical (unpaired) electrons. The fraction of sp³-hybridized carbons (Fsp3) is 0.0588. The summed E-state index contributed by atoms with van der Waals surface area (Å²) in [6.45, 7) is 3.59. The summed E-state index contributed by atoms with van der Waals surface area (Å²) in [5.74, 6) is 0.212. The van der Waals surface area contributed by atoms with E-state index in [0.29, 0.717) is 33.9 Å². The molecule has 0 aliphatic carbocycles. The number of phenols is 2. The van der Waals surface area contributed by atoms with E-state index in [0.717, 1.165) is 11.4 Å². The van der Waals surface area contributed by atoms with Crippen molar-refractivity contribution in [3.05, 3.63) is 132 Å². The zero-order chi connectivity index (χ0) is 31.1. The fourth-order valence-corrected chi connectivity index (χ4v) is 4.27. The second kappa shape index (κ2) is 14.7. The number of hydrogen-bond acceptors (Lipinski definition) is 8. The second-order valence-electron chi connectivity index (χ2n) is 9.63. The van der Waals surface area contributed by atoms with Crippen LogP contribution in [0.4, 0.5) is 11.4 Å². The molecular weight excluding hydrogens is 615 g/mol. The van der Waals surface area contributed by atoms with Crippen LogP contribution >= 0.6 is 0 Å². The van der Waals surface area contributed by atoms with Crippen LogP contribution in [-0.2, 0) is 16.8 Å². The van der Waals surface area contributed by atoms with Gasteiger partial charge >= 0.3 is 0 Å². The second-order valence-corrected chi connectivity index (χ2v) is 9.63. The maximum absolute atomic E-state index is 10.4. The van der Waals surface area contributed by atoms with E-state index < -0.39 is 0 Å². The van der Waals surface area contributed by atoms with Crippen molar-refractivity contribution in [2.75, 3.05) is 0 Å². The largest absolute Gasteiger partial charge is 0.506 e. The van der Waals surface area contributed by atoms with Gasteiger partial charge < -0.3 is 20.4 Å². The Hall–Kier alpha value is -5.65. The van der Waals surface area contributed by atoms with Crippen LogP contribution in [0.2, 0.25) is 0 Å². The van der Waals surface area contributed by atoms with Gasteiger partial charge in [-0.15, -0.1) is 0 Å². The number of aromatic nitrogens is 4. The van der Waals surface area contributed by atoms with E-state index in [1.165, 1.54) is 21.8 Å². The minimum absolute atomic E-state index is 0. The van der Waals surface area contributed by atoms with Gasteiger partial charge in [0, 0.05) is 29.2 Å². The summed E-state index contributed by atoms with van der Waals surface area (Å²) in [6.07, 6.45) is 3.01. The number of benzene rings is 4. The summed E-state index contributed by atoms with van der Waals surface area (Å²) < 4.78 is 2.92. The summed E-state index contributed by atoms with van der Waals surface area (Å²) in [7, 11) is 0. The van der Waals surface area contributed by atoms with Gasteiger partial charge in [0.2, 0.25) is 11.8 Å². The summed E-state index contributed by atoms with van der Waals surface area (Å²) in [5, 5.41) is 48.8. The standard InChI is InChI=1S/2C17H15N3O2.Co/c2*1-12-14(11-18-15-9-5-6-10-16(15)21)17(22)20(19-12)13-7-3-2-4-8-13;/h2*2-11,21-22H,1H3;. The summed E-state index contributed by atoms with van der Waals surface area (Å²) in [5.41, 5.74) is 4.76. The molecule has 0 amide bonds. The Morgan fingerprint density at radius 2 is 0.844 bits per heavy atom. The number of rotatable bonds is 6. The van der Waals surface area contributed by atoms with Crippen LogP contribution in [-0.4, -0.2) is 52.4 Å². The SMILES string of the molecule is Cc1nn(-c2ccccc2)c(O)c1C=Nc1ccccc1O.Cc1nn(-c2ccccc2)c(O)c1C=Nc1ccccc1O.[Co]. The fourth-order valence-electron chi connectivity index (χ4n) is 4.27. The zero-order valence-electron chi connectivity index (χ0n) is 24.4. The molecule has 0 atom stereocenters. The van der Waals surface area contributed by atoms with E-state index in [9.17, 15) is 20.4 Å². The van der Waals surface area contributed by atoms with Gasteiger partial charge in [-0.3, -0.25) is 9.98 Å². The van der Waals surface area contributed by atoms with Gasteiger partial charge in [-0.2, -0.15) is 10.2 Å². The van der Waals surface area contributed by atoms with Crippen LogP contribution in [0.5, 0.6) is 23.3 Å². The van der Waals surface area contributed by atoms with Crippen molar-refractivity contribution in [2.24, 2.45) is 9.98 Å². The monoisotopic (exact) mass is 645 g/mol. The average molecular weight is 646 g/mol. The molecule has 0 saturated heterocycles. The Bertz CT molecular complexity index is 1790. The number of aliphatic imine (C=N–C) groups is 2. The third-order valence-electron chi connectivity index (χ3n) is 6.59. The van der Waals surface area contributed by atoms with E-state index in [4.69, 9.17) is 0 Å². The van der Waals surface area contributed by atoms with Gasteiger partial charge in [-0.05, 0) is 62.4 Å². The van der Waals surface area contributed by atoms with Gasteiger partial charge in [0.1, 0.15) is 22.9 Å². The van der Waals surface area contributed by atoms with E-state index in [-0.39, 0.29) is 40.0 Å². The number of aryl methyl sites for hydroxylation is 2. The molecule has 6 aromatic rings. The molecule has 0 unspecified atom stereocenters. The minimum Gasteiger partial charge on any atom is -0.506 e. The van der Waals surface area contributed by atoms with Crippen molar-refractivity contribution in [1.29, 1.82) is 0 Å². The molecule has 0 aliphatic rings. The smallest absolute Gasteiger partial charge is 0.223 e. The minimum atomic E-state index is 0. The topological polar surface area (TPSA) is 141 Å². The molecule has 0 bridgehead atoms. The number of aromatic hydroxyl groups is 4. The molecule has 0 saturated carbocycles. The molecule has 4 aromatic carbocycles. The van der Waals surface area contributed by atoms with Gasteiger partial charge in [0.25, 0.3) is 0 Å². The first kappa shape index (κ1) is 32.3. The van der Waals surface area contributed by atoms with E-state index >= 15 is 0 Å². The first-order valence-corrected chi connectivity index (χ1v) is 13.7. The van der Waals surface area contributed by atoms with Crippen molar-refractivity contribution < 1.29 is 37.2 Å². The molecule has 0 spiro atoms. The van der Waals surface area contributed by atoms with Crippen molar-refractivity contribution >= 4 is 23.8 Å². The summed E-state index contributed by atoms with van der Waals surface area (Å²) in [6, 6.07) is 32.3. The molecule has 11 heteroatoms. The van der Waals surface area contributed by atoms with Crippen LogP contribution in [0.1, 0.15) is 22.5 Å². The van der Waals surface area contributed by atoms with E-state index in [1.54, 1.807) is 62.4 Å². The van der Waals surface area contributed by atoms with Crippen molar-refractivity contribution in [3.63, 3.8) is 0 Å². The normalized spacial score (nSPS) is 10.9. The predicted molar refractivity (Wildman–Crippen MR) is 171 cm³/mol. The molecule has 229 valence electrons. The molecule has 0 aliphatic heterocycles. The zero-order valence-corrected chi connectivity index (χ0v) is 25.4. The summed E-state index contributed by atoms with van der Waals surface area (Å²) >= 11 is 0. The third-order valence-corrected chi connectivity index (χ3v) is 6.59. The van der Waals surface area contributed by atoms with Gasteiger partial charge in [0.05, 0.1) is 33.9 Å². The van der Waals surface area contributed by atoms with Crippen LogP contribution in [0.3, 0.4) is 0 Å². The van der Waals surface area contributed by atoms with E-state index in [2.05, 4.69) is 20.2 Å². The molecule has 2 heterocycles. The first-order chi connectivity index (χ1) is 21.3. The quantitative estimate of drug-likeness (QED) is 0.149. The maximum Gasteiger partial charge on any atom is 0.223 e. The molecular formula is C34H30CoN6O4. The molecule has 6 rings (SSSR count). The van der Waals surface area contributed by atoms with Crippen LogP contribution in [0.15, 0.2) is 119 Å². The van der Waals surface area contributed by atoms with Crippen molar-refractivity contribution in [3.8, 4) is 34.6 Å². The van der Waals surface area contributed by atoms with Crippen LogP contribution < -0.4 is 0 Å². The Kier molecular flexibility index (Phi) is 10.5. The summed E-state index contributed by atoms with van der Waals surface area (Å²) in [4.78, 5) is 8.43. The number of hydrogen-bond donors (Lipinski definition) is 4. The van der Waals surface area contributed by atoms with Crippen molar-refractivity contribution in [1.82, 2.24) is 19.6 Å². The number of para-hydroxylation sites is 6. The molecule has 2 aromatic heterocycles. The molecule has 10 nitrogen and oxygen atoms in total. The Morgan fingerprint density at radius 1 is 0.511 bits per heavy atom. The Labute approximate surface area is 270 Å². The average Bonchev–Trinajstić information content (AvgIpc) is 3.50. The van der Waals surface area contributed by atoms with Crippen LogP contribution in [0, 0.1) is 13.8 Å². The third kappa shape index (κ3) is 7.47. The predicted octanol–water partition coefficient (Wildman–Crippen LogP) is 6.68. The number of nitrogens with zero attached hydrogens (tertiary/aromatic N) is 6. The molecule has 0 fully saturated rings. The molecule has 45 heavy (non-hydrogen) atoms.